The SMILES string of the molecule is CN(Cc1cccnc1)C(=O)c1ccc2c(c1)nc(CCc1ccc(C(=N)N)cc1)n2C. The number of rotatable bonds is 7. The van der Waals surface area contributed by atoms with E-state index in [9.17, 15) is 4.79 Å². The van der Waals surface area contributed by atoms with Crippen molar-refractivity contribution in [2.75, 3.05) is 7.05 Å². The fourth-order valence-corrected chi connectivity index (χ4v) is 3.77. The fraction of sp³-hybridized carbons (Fsp3) is 0.200. The Labute approximate surface area is 187 Å². The first-order valence-corrected chi connectivity index (χ1v) is 10.5. The van der Waals surface area contributed by atoms with Gasteiger partial charge >= 0.3 is 0 Å². The number of nitrogens with zero attached hydrogens (tertiary/aromatic N) is 4. The second-order valence-corrected chi connectivity index (χ2v) is 7.92. The number of benzene rings is 2. The Hall–Kier alpha value is -4.00. The van der Waals surface area contributed by atoms with Crippen LogP contribution in [0.3, 0.4) is 0 Å². The van der Waals surface area contributed by atoms with Gasteiger partial charge in [-0.25, -0.2) is 4.98 Å². The van der Waals surface area contributed by atoms with Crippen molar-refractivity contribution in [1.82, 2.24) is 19.4 Å². The molecule has 2 aromatic heterocycles. The summed E-state index contributed by atoms with van der Waals surface area (Å²) in [5, 5.41) is 7.50. The van der Waals surface area contributed by atoms with Crippen LogP contribution in [0.4, 0.5) is 0 Å². The van der Waals surface area contributed by atoms with Gasteiger partial charge in [-0.15, -0.1) is 0 Å². The van der Waals surface area contributed by atoms with Crippen LogP contribution >= 0.6 is 0 Å². The molecule has 0 bridgehead atoms. The van der Waals surface area contributed by atoms with E-state index in [0.29, 0.717) is 12.1 Å². The van der Waals surface area contributed by atoms with Crippen LogP contribution < -0.4 is 5.73 Å². The zero-order valence-corrected chi connectivity index (χ0v) is 18.2. The molecule has 3 N–H and O–H groups in total. The van der Waals surface area contributed by atoms with Crippen LogP contribution in [-0.4, -0.2) is 38.2 Å². The first-order valence-electron chi connectivity index (χ1n) is 10.5. The van der Waals surface area contributed by atoms with Crippen molar-refractivity contribution in [3.05, 3.63) is 95.1 Å². The number of hydrogen-bond donors (Lipinski definition) is 2. The third kappa shape index (κ3) is 4.51. The Bertz CT molecular complexity index is 1260. The van der Waals surface area contributed by atoms with Crippen LogP contribution in [0.5, 0.6) is 0 Å². The van der Waals surface area contributed by atoms with Crippen molar-refractivity contribution < 1.29 is 4.79 Å². The van der Waals surface area contributed by atoms with Gasteiger partial charge in [-0.2, -0.15) is 0 Å². The summed E-state index contributed by atoms with van der Waals surface area (Å²) in [6, 6.07) is 17.2. The highest BCUT2D eigenvalue weighted by atomic mass is 16.2. The van der Waals surface area contributed by atoms with Crippen molar-refractivity contribution in [2.24, 2.45) is 12.8 Å². The maximum absolute atomic E-state index is 12.9. The Balaban J connectivity index is 1.48. The van der Waals surface area contributed by atoms with E-state index in [1.165, 1.54) is 0 Å². The van der Waals surface area contributed by atoms with Gasteiger partial charge in [0.05, 0.1) is 11.0 Å². The molecule has 0 spiro atoms. The number of aryl methyl sites for hydroxylation is 3. The first-order chi connectivity index (χ1) is 15.4. The molecule has 2 aromatic carbocycles. The van der Waals surface area contributed by atoms with E-state index in [0.717, 1.165) is 46.4 Å². The molecule has 0 aliphatic carbocycles. The number of carbonyl (C=O) groups excluding carboxylic acids is 1. The summed E-state index contributed by atoms with van der Waals surface area (Å²) in [6.45, 7) is 0.501. The zero-order chi connectivity index (χ0) is 22.7. The van der Waals surface area contributed by atoms with Crippen LogP contribution in [-0.2, 0) is 26.4 Å². The lowest BCUT2D eigenvalue weighted by Crippen LogP contribution is -2.26. The molecule has 2 heterocycles. The van der Waals surface area contributed by atoms with Crippen molar-refractivity contribution in [3.8, 4) is 0 Å². The molecular weight excluding hydrogens is 400 g/mol. The number of imidazole rings is 1. The summed E-state index contributed by atoms with van der Waals surface area (Å²) in [7, 11) is 3.79. The lowest BCUT2D eigenvalue weighted by Gasteiger charge is -2.17. The minimum atomic E-state index is -0.0477. The minimum Gasteiger partial charge on any atom is -0.384 e. The van der Waals surface area contributed by atoms with E-state index in [2.05, 4.69) is 9.55 Å². The average molecular weight is 427 g/mol. The maximum Gasteiger partial charge on any atom is 0.253 e. The Morgan fingerprint density at radius 1 is 1.06 bits per heavy atom. The molecule has 0 aliphatic heterocycles. The van der Waals surface area contributed by atoms with Gasteiger partial charge in [0.2, 0.25) is 0 Å². The zero-order valence-electron chi connectivity index (χ0n) is 18.2. The Kier molecular flexibility index (Phi) is 5.98. The van der Waals surface area contributed by atoms with Crippen LogP contribution in [0, 0.1) is 5.41 Å². The van der Waals surface area contributed by atoms with E-state index in [1.54, 1.807) is 24.3 Å². The third-order valence-electron chi connectivity index (χ3n) is 5.61. The van der Waals surface area contributed by atoms with Gasteiger partial charge in [-0.05, 0) is 41.8 Å². The number of amides is 1. The number of pyridine rings is 1. The smallest absolute Gasteiger partial charge is 0.253 e. The third-order valence-corrected chi connectivity index (χ3v) is 5.61. The maximum atomic E-state index is 12.9. The number of aromatic nitrogens is 3. The van der Waals surface area contributed by atoms with E-state index in [-0.39, 0.29) is 11.7 Å². The molecule has 4 rings (SSSR count). The highest BCUT2D eigenvalue weighted by Gasteiger charge is 2.15. The molecule has 0 saturated carbocycles. The largest absolute Gasteiger partial charge is 0.384 e. The fourth-order valence-electron chi connectivity index (χ4n) is 3.77. The number of amidine groups is 1. The molecule has 1 amide bonds. The summed E-state index contributed by atoms with van der Waals surface area (Å²) < 4.78 is 2.08. The molecule has 0 aliphatic rings. The lowest BCUT2D eigenvalue weighted by molar-refractivity contribution is 0.0785. The second kappa shape index (κ2) is 9.01. The van der Waals surface area contributed by atoms with Crippen molar-refractivity contribution in [3.63, 3.8) is 0 Å². The summed E-state index contributed by atoms with van der Waals surface area (Å²) in [6.07, 6.45) is 5.09. The topological polar surface area (TPSA) is 101 Å². The number of nitrogen functional groups attached to an aromatic ring is 1. The van der Waals surface area contributed by atoms with Crippen LogP contribution in [0.25, 0.3) is 11.0 Å². The molecule has 7 nitrogen and oxygen atoms in total. The number of nitrogens with two attached hydrogens (primary N) is 1. The highest BCUT2D eigenvalue weighted by Crippen LogP contribution is 2.19. The summed E-state index contributed by atoms with van der Waals surface area (Å²) in [5.41, 5.74) is 10.8. The molecule has 4 aromatic rings. The number of hydrogen-bond acceptors (Lipinski definition) is 4. The van der Waals surface area contributed by atoms with E-state index >= 15 is 0 Å². The quantitative estimate of drug-likeness (QED) is 0.350. The molecule has 162 valence electrons. The monoisotopic (exact) mass is 426 g/mol. The van der Waals surface area contributed by atoms with Crippen molar-refractivity contribution in [2.45, 2.75) is 19.4 Å². The summed E-state index contributed by atoms with van der Waals surface area (Å²) >= 11 is 0. The average Bonchev–Trinajstić information content (AvgIpc) is 3.12. The molecule has 0 radical (unpaired) electrons. The standard InChI is InChI=1S/C25H26N6O/c1-30(16-18-4-3-13-28-15-18)25(32)20-10-11-22-21(14-20)29-23(31(22)2)12-7-17-5-8-19(9-6-17)24(26)27/h3-6,8-11,13-15H,7,12,16H2,1-2H3,(H3,26,27). The van der Waals surface area contributed by atoms with Gasteiger partial charge in [0, 0.05) is 50.6 Å². The van der Waals surface area contributed by atoms with Gasteiger partial charge < -0.3 is 15.2 Å². The molecule has 0 fully saturated rings. The van der Waals surface area contributed by atoms with Crippen molar-refractivity contribution in [1.29, 1.82) is 5.41 Å². The molecule has 32 heavy (non-hydrogen) atoms. The number of fused-ring (bicyclic) bond motifs is 1. The van der Waals surface area contributed by atoms with Gasteiger partial charge in [0.25, 0.3) is 5.91 Å². The molecule has 0 atom stereocenters. The Morgan fingerprint density at radius 3 is 2.50 bits per heavy atom. The van der Waals surface area contributed by atoms with E-state index in [1.807, 2.05) is 61.6 Å². The summed E-state index contributed by atoms with van der Waals surface area (Å²) in [4.78, 5) is 23.5. The molecular formula is C25H26N6O. The predicted molar refractivity (Wildman–Crippen MR) is 126 cm³/mol. The second-order valence-electron chi connectivity index (χ2n) is 7.92. The van der Waals surface area contributed by atoms with Crippen molar-refractivity contribution >= 4 is 22.8 Å². The normalized spacial score (nSPS) is 10.9. The van der Waals surface area contributed by atoms with Crippen LogP contribution in [0.2, 0.25) is 0 Å². The van der Waals surface area contributed by atoms with E-state index in [4.69, 9.17) is 16.1 Å². The first kappa shape index (κ1) is 21.2. The predicted octanol–water partition coefficient (Wildman–Crippen LogP) is 3.31. The lowest BCUT2D eigenvalue weighted by atomic mass is 10.1. The Morgan fingerprint density at radius 2 is 1.81 bits per heavy atom. The van der Waals surface area contributed by atoms with Crippen LogP contribution in [0.1, 0.15) is 32.9 Å². The molecule has 7 heteroatoms. The van der Waals surface area contributed by atoms with Gasteiger partial charge in [0.1, 0.15) is 11.7 Å². The highest BCUT2D eigenvalue weighted by molar-refractivity contribution is 5.97. The van der Waals surface area contributed by atoms with Crippen LogP contribution in [0.15, 0.2) is 67.0 Å². The number of nitrogens with one attached hydrogen (secondary N) is 1. The van der Waals surface area contributed by atoms with E-state index < -0.39 is 0 Å². The number of carbonyl (C=O) groups is 1. The van der Waals surface area contributed by atoms with Gasteiger partial charge in [-0.3, -0.25) is 15.2 Å². The van der Waals surface area contributed by atoms with Gasteiger partial charge in [-0.1, -0.05) is 30.3 Å². The molecule has 0 saturated heterocycles. The summed E-state index contributed by atoms with van der Waals surface area (Å²) in [5.74, 6) is 0.987. The molecule has 0 unspecified atom stereocenters. The van der Waals surface area contributed by atoms with Gasteiger partial charge in [0.15, 0.2) is 0 Å². The minimum absolute atomic E-state index is 0.0477.